The SMILES string of the molecule is CC[S+]([O-])NCC(N)c1cccc(C(F)(F)F)c1. The molecule has 1 aromatic rings. The van der Waals surface area contributed by atoms with Crippen LogP contribution in [0.15, 0.2) is 24.3 Å². The Morgan fingerprint density at radius 2 is 2.11 bits per heavy atom. The van der Waals surface area contributed by atoms with Crippen molar-refractivity contribution in [2.24, 2.45) is 5.73 Å². The number of benzene rings is 1. The summed E-state index contributed by atoms with van der Waals surface area (Å²) in [6.45, 7) is 1.90. The van der Waals surface area contributed by atoms with Gasteiger partial charge >= 0.3 is 6.18 Å². The number of alkyl halides is 3. The van der Waals surface area contributed by atoms with E-state index in [2.05, 4.69) is 4.72 Å². The normalized spacial score (nSPS) is 15.4. The molecule has 1 rings (SSSR count). The number of hydrogen-bond acceptors (Lipinski definition) is 3. The zero-order valence-corrected chi connectivity index (χ0v) is 10.6. The summed E-state index contributed by atoms with van der Waals surface area (Å²) < 4.78 is 51.3. The molecule has 102 valence electrons. The monoisotopic (exact) mass is 280 g/mol. The van der Waals surface area contributed by atoms with Crippen molar-refractivity contribution in [1.82, 2.24) is 4.72 Å². The lowest BCUT2D eigenvalue weighted by molar-refractivity contribution is -0.137. The quantitative estimate of drug-likeness (QED) is 0.811. The van der Waals surface area contributed by atoms with Crippen LogP contribution >= 0.6 is 0 Å². The number of rotatable bonds is 5. The molecule has 18 heavy (non-hydrogen) atoms. The average molecular weight is 280 g/mol. The van der Waals surface area contributed by atoms with E-state index in [0.29, 0.717) is 11.3 Å². The van der Waals surface area contributed by atoms with E-state index < -0.39 is 29.1 Å². The molecular formula is C11H15F3N2OS. The van der Waals surface area contributed by atoms with Crippen LogP contribution < -0.4 is 10.5 Å². The van der Waals surface area contributed by atoms with E-state index in [4.69, 9.17) is 5.73 Å². The van der Waals surface area contributed by atoms with Crippen molar-refractivity contribution in [2.45, 2.75) is 19.1 Å². The van der Waals surface area contributed by atoms with Crippen LogP contribution in [0.5, 0.6) is 0 Å². The lowest BCUT2D eigenvalue weighted by Crippen LogP contribution is -2.33. The Morgan fingerprint density at radius 3 is 2.67 bits per heavy atom. The van der Waals surface area contributed by atoms with E-state index in [9.17, 15) is 17.7 Å². The molecule has 0 saturated heterocycles. The van der Waals surface area contributed by atoms with Gasteiger partial charge in [0, 0.05) is 17.4 Å². The Morgan fingerprint density at radius 1 is 1.44 bits per heavy atom. The summed E-state index contributed by atoms with van der Waals surface area (Å²) in [6, 6.07) is 4.23. The highest BCUT2D eigenvalue weighted by Gasteiger charge is 2.30. The van der Waals surface area contributed by atoms with Crippen LogP contribution in [0.3, 0.4) is 0 Å². The molecule has 3 N–H and O–H groups in total. The summed E-state index contributed by atoms with van der Waals surface area (Å²) in [5.74, 6) is 0.426. The Balaban J connectivity index is 2.71. The second-order valence-corrected chi connectivity index (χ2v) is 5.27. The van der Waals surface area contributed by atoms with E-state index >= 15 is 0 Å². The third-order valence-electron chi connectivity index (χ3n) is 2.37. The van der Waals surface area contributed by atoms with E-state index in [-0.39, 0.29) is 6.54 Å². The molecule has 0 fully saturated rings. The minimum atomic E-state index is -4.38. The van der Waals surface area contributed by atoms with Gasteiger partial charge in [0.1, 0.15) is 5.75 Å². The predicted molar refractivity (Wildman–Crippen MR) is 65.1 cm³/mol. The van der Waals surface area contributed by atoms with Gasteiger partial charge in [-0.15, -0.1) is 4.72 Å². The Kier molecular flexibility index (Phi) is 5.46. The summed E-state index contributed by atoms with van der Waals surface area (Å²) >= 11 is -1.20. The topological polar surface area (TPSA) is 61.1 Å². The molecular weight excluding hydrogens is 265 g/mol. The minimum absolute atomic E-state index is 0.168. The number of hydrogen-bond donors (Lipinski definition) is 2. The molecule has 7 heteroatoms. The minimum Gasteiger partial charge on any atom is -0.598 e. The molecule has 0 aromatic heterocycles. The second kappa shape index (κ2) is 6.42. The van der Waals surface area contributed by atoms with Crippen molar-refractivity contribution >= 4 is 11.4 Å². The van der Waals surface area contributed by atoms with Crippen LogP contribution in [0, 0.1) is 0 Å². The van der Waals surface area contributed by atoms with Crippen LogP contribution in [0.1, 0.15) is 24.1 Å². The fourth-order valence-corrected chi connectivity index (χ4v) is 1.92. The molecule has 0 aliphatic carbocycles. The average Bonchev–Trinajstić information content (AvgIpc) is 2.34. The van der Waals surface area contributed by atoms with Gasteiger partial charge in [-0.3, -0.25) is 0 Å². The summed E-state index contributed by atoms with van der Waals surface area (Å²) in [5.41, 5.74) is 5.38. The van der Waals surface area contributed by atoms with Crippen LogP contribution in [0.2, 0.25) is 0 Å². The first-order valence-electron chi connectivity index (χ1n) is 5.39. The summed E-state index contributed by atoms with van der Waals surface area (Å²) in [6.07, 6.45) is -4.38. The van der Waals surface area contributed by atoms with Gasteiger partial charge in [-0.25, -0.2) is 0 Å². The molecule has 2 unspecified atom stereocenters. The van der Waals surface area contributed by atoms with Crippen molar-refractivity contribution in [1.29, 1.82) is 0 Å². The number of halogens is 3. The third-order valence-corrected chi connectivity index (χ3v) is 3.38. The fraction of sp³-hybridized carbons (Fsp3) is 0.455. The summed E-state index contributed by atoms with van der Waals surface area (Å²) in [5, 5.41) is 0. The lowest BCUT2D eigenvalue weighted by atomic mass is 10.0. The molecule has 3 nitrogen and oxygen atoms in total. The highest BCUT2D eigenvalue weighted by Crippen LogP contribution is 2.30. The summed E-state index contributed by atoms with van der Waals surface area (Å²) in [4.78, 5) is 0. The molecule has 0 heterocycles. The molecule has 0 spiro atoms. The Labute approximate surface area is 107 Å². The molecule has 0 saturated carbocycles. The first kappa shape index (κ1) is 15.3. The molecule has 0 aliphatic rings. The smallest absolute Gasteiger partial charge is 0.416 e. The highest BCUT2D eigenvalue weighted by molar-refractivity contribution is 7.89. The number of nitrogens with one attached hydrogen (secondary N) is 1. The van der Waals surface area contributed by atoms with E-state index in [1.807, 2.05) is 0 Å². The van der Waals surface area contributed by atoms with Gasteiger partial charge in [0.05, 0.1) is 12.1 Å². The Bertz CT molecular complexity index is 387. The van der Waals surface area contributed by atoms with Crippen molar-refractivity contribution in [3.63, 3.8) is 0 Å². The van der Waals surface area contributed by atoms with E-state index in [1.165, 1.54) is 12.1 Å². The second-order valence-electron chi connectivity index (χ2n) is 3.71. The number of nitrogens with two attached hydrogens (primary N) is 1. The molecule has 1 aromatic carbocycles. The molecule has 0 bridgehead atoms. The third kappa shape index (κ3) is 4.49. The maximum atomic E-state index is 12.5. The van der Waals surface area contributed by atoms with Crippen molar-refractivity contribution in [3.05, 3.63) is 35.4 Å². The van der Waals surface area contributed by atoms with Crippen LogP contribution in [-0.4, -0.2) is 16.9 Å². The van der Waals surface area contributed by atoms with Gasteiger partial charge in [0.15, 0.2) is 0 Å². The zero-order chi connectivity index (χ0) is 13.8. The molecule has 2 atom stereocenters. The zero-order valence-electron chi connectivity index (χ0n) is 9.83. The van der Waals surface area contributed by atoms with Crippen LogP contribution in [0.25, 0.3) is 0 Å². The van der Waals surface area contributed by atoms with Gasteiger partial charge in [0.25, 0.3) is 0 Å². The largest absolute Gasteiger partial charge is 0.598 e. The lowest BCUT2D eigenvalue weighted by Gasteiger charge is -2.16. The van der Waals surface area contributed by atoms with Gasteiger partial charge in [-0.05, 0) is 24.6 Å². The first-order valence-corrected chi connectivity index (χ1v) is 6.71. The van der Waals surface area contributed by atoms with Crippen LogP contribution in [0.4, 0.5) is 13.2 Å². The maximum absolute atomic E-state index is 12.5. The van der Waals surface area contributed by atoms with Gasteiger partial charge < -0.3 is 10.3 Å². The highest BCUT2D eigenvalue weighted by atomic mass is 32.2. The van der Waals surface area contributed by atoms with E-state index in [0.717, 1.165) is 12.1 Å². The molecule has 0 aliphatic heterocycles. The van der Waals surface area contributed by atoms with Crippen LogP contribution in [-0.2, 0) is 17.5 Å². The maximum Gasteiger partial charge on any atom is 0.416 e. The fourth-order valence-electron chi connectivity index (χ4n) is 1.35. The predicted octanol–water partition coefficient (Wildman–Crippen LogP) is 1.98. The van der Waals surface area contributed by atoms with Gasteiger partial charge in [-0.2, -0.15) is 13.2 Å². The van der Waals surface area contributed by atoms with Gasteiger partial charge in [0.2, 0.25) is 0 Å². The molecule has 0 radical (unpaired) electrons. The van der Waals surface area contributed by atoms with Crippen molar-refractivity contribution in [2.75, 3.05) is 12.3 Å². The summed E-state index contributed by atoms with van der Waals surface area (Å²) in [7, 11) is 0. The molecule has 0 amide bonds. The van der Waals surface area contributed by atoms with Gasteiger partial charge in [-0.1, -0.05) is 12.1 Å². The van der Waals surface area contributed by atoms with Crippen molar-refractivity contribution < 1.29 is 17.7 Å². The Hall–Kier alpha value is -0.760. The standard InChI is InChI=1S/C11H15F3N2OS/c1-2-18(17)16-7-10(15)8-4-3-5-9(6-8)11(12,13)14/h3-6,10,16H,2,7,15H2,1H3. The first-order chi connectivity index (χ1) is 8.34. The van der Waals surface area contributed by atoms with E-state index in [1.54, 1.807) is 6.92 Å². The van der Waals surface area contributed by atoms with Crippen molar-refractivity contribution in [3.8, 4) is 0 Å².